The molecular formula is C17H12FN5OS2. The van der Waals surface area contributed by atoms with Crippen LogP contribution in [0.1, 0.15) is 16.4 Å². The Morgan fingerprint density at radius 2 is 1.96 bits per heavy atom. The fraction of sp³-hybridized carbons (Fsp3) is 0.0588. The number of carbonyl (C=O) groups is 1. The summed E-state index contributed by atoms with van der Waals surface area (Å²) in [5, 5.41) is 11.3. The summed E-state index contributed by atoms with van der Waals surface area (Å²) in [6.45, 7) is 1.73. The van der Waals surface area contributed by atoms with Gasteiger partial charge in [0.1, 0.15) is 11.6 Å². The number of thiazole rings is 1. The fourth-order valence-electron chi connectivity index (χ4n) is 2.33. The molecule has 1 N–H and O–H groups in total. The molecule has 0 radical (unpaired) electrons. The molecule has 26 heavy (non-hydrogen) atoms. The lowest BCUT2D eigenvalue weighted by molar-refractivity contribution is 0.101. The van der Waals surface area contributed by atoms with E-state index < -0.39 is 5.91 Å². The number of benzene rings is 1. The molecule has 1 aromatic carbocycles. The van der Waals surface area contributed by atoms with Gasteiger partial charge in [-0.15, -0.1) is 27.8 Å². The van der Waals surface area contributed by atoms with E-state index in [0.717, 1.165) is 10.6 Å². The van der Waals surface area contributed by atoms with E-state index in [1.807, 2.05) is 22.9 Å². The summed E-state index contributed by atoms with van der Waals surface area (Å²) in [7, 11) is 0. The van der Waals surface area contributed by atoms with Crippen LogP contribution in [0.4, 0.5) is 9.52 Å². The largest absolute Gasteiger partial charge is 0.297 e. The smallest absolute Gasteiger partial charge is 0.295 e. The highest BCUT2D eigenvalue weighted by atomic mass is 32.1. The number of hydrogen-bond acceptors (Lipinski definition) is 6. The molecule has 0 saturated carbocycles. The molecule has 130 valence electrons. The van der Waals surface area contributed by atoms with E-state index in [-0.39, 0.29) is 11.6 Å². The van der Waals surface area contributed by atoms with Crippen LogP contribution in [-0.4, -0.2) is 25.7 Å². The van der Waals surface area contributed by atoms with Gasteiger partial charge in [0.05, 0.1) is 16.3 Å². The van der Waals surface area contributed by atoms with E-state index in [1.54, 1.807) is 30.4 Å². The van der Waals surface area contributed by atoms with Crippen LogP contribution in [-0.2, 0) is 0 Å². The predicted octanol–water partition coefficient (Wildman–Crippen LogP) is 4.15. The number of nitrogens with zero attached hydrogens (tertiary/aromatic N) is 4. The lowest BCUT2D eigenvalue weighted by Crippen LogP contribution is -2.14. The number of rotatable bonds is 4. The minimum absolute atomic E-state index is 0.0275. The zero-order valence-electron chi connectivity index (χ0n) is 13.5. The highest BCUT2D eigenvalue weighted by molar-refractivity contribution is 7.16. The Balaban J connectivity index is 1.54. The standard InChI is InChI=1S/C17H12FN5OS2/c1-10-19-15(22-23(10)12-6-4-11(18)5-7-12)16(24)21-17-20-13(9-26-17)14-3-2-8-25-14/h2-9H,1H3,(H,20,21,24). The molecule has 0 saturated heterocycles. The predicted molar refractivity (Wildman–Crippen MR) is 99.4 cm³/mol. The molecule has 3 aromatic heterocycles. The summed E-state index contributed by atoms with van der Waals surface area (Å²) >= 11 is 2.92. The minimum atomic E-state index is -0.443. The van der Waals surface area contributed by atoms with Gasteiger partial charge < -0.3 is 0 Å². The number of thiophene rings is 1. The maximum Gasteiger partial charge on any atom is 0.297 e. The maximum absolute atomic E-state index is 13.1. The molecule has 3 heterocycles. The molecule has 0 aliphatic heterocycles. The van der Waals surface area contributed by atoms with Crippen molar-refractivity contribution in [2.24, 2.45) is 0 Å². The first-order chi connectivity index (χ1) is 12.6. The average molecular weight is 385 g/mol. The van der Waals surface area contributed by atoms with Gasteiger partial charge in [-0.05, 0) is 42.6 Å². The first-order valence-electron chi connectivity index (χ1n) is 7.60. The molecule has 0 unspecified atom stereocenters. The Kier molecular flexibility index (Phi) is 4.31. The molecule has 4 aromatic rings. The summed E-state index contributed by atoms with van der Waals surface area (Å²) < 4.78 is 14.6. The summed E-state index contributed by atoms with van der Waals surface area (Å²) in [5.74, 6) is -0.226. The molecule has 0 spiro atoms. The Morgan fingerprint density at radius 1 is 1.15 bits per heavy atom. The molecular weight excluding hydrogens is 373 g/mol. The van der Waals surface area contributed by atoms with Crippen molar-refractivity contribution in [3.05, 3.63) is 64.6 Å². The van der Waals surface area contributed by atoms with Gasteiger partial charge in [-0.1, -0.05) is 6.07 Å². The molecule has 0 fully saturated rings. The number of aromatic nitrogens is 4. The van der Waals surface area contributed by atoms with Gasteiger partial charge in [0.2, 0.25) is 5.82 Å². The Hall–Kier alpha value is -2.91. The average Bonchev–Trinajstić information content (AvgIpc) is 3.36. The van der Waals surface area contributed by atoms with Crippen molar-refractivity contribution in [3.63, 3.8) is 0 Å². The topological polar surface area (TPSA) is 72.7 Å². The summed E-state index contributed by atoms with van der Waals surface area (Å²) in [5.41, 5.74) is 1.45. The first kappa shape index (κ1) is 16.6. The molecule has 0 atom stereocenters. The number of nitrogens with one attached hydrogen (secondary N) is 1. The lowest BCUT2D eigenvalue weighted by Gasteiger charge is -2.01. The second-order valence-electron chi connectivity index (χ2n) is 5.34. The van der Waals surface area contributed by atoms with Crippen molar-refractivity contribution in [3.8, 4) is 16.3 Å². The third kappa shape index (κ3) is 3.26. The van der Waals surface area contributed by atoms with E-state index in [2.05, 4.69) is 20.4 Å². The van der Waals surface area contributed by atoms with Crippen LogP contribution >= 0.6 is 22.7 Å². The highest BCUT2D eigenvalue weighted by Crippen LogP contribution is 2.28. The van der Waals surface area contributed by atoms with Gasteiger partial charge in [0, 0.05) is 5.38 Å². The van der Waals surface area contributed by atoms with E-state index >= 15 is 0 Å². The van der Waals surface area contributed by atoms with Gasteiger partial charge in [-0.2, -0.15) is 0 Å². The van der Waals surface area contributed by atoms with E-state index in [1.165, 1.54) is 28.2 Å². The van der Waals surface area contributed by atoms with Crippen molar-refractivity contribution in [1.29, 1.82) is 0 Å². The van der Waals surface area contributed by atoms with Crippen molar-refractivity contribution < 1.29 is 9.18 Å². The second-order valence-corrected chi connectivity index (χ2v) is 7.15. The summed E-state index contributed by atoms with van der Waals surface area (Å²) in [4.78, 5) is 22.1. The maximum atomic E-state index is 13.1. The van der Waals surface area contributed by atoms with Crippen LogP contribution in [0.3, 0.4) is 0 Å². The fourth-order valence-corrected chi connectivity index (χ4v) is 3.80. The van der Waals surface area contributed by atoms with Gasteiger partial charge >= 0.3 is 0 Å². The summed E-state index contributed by atoms with van der Waals surface area (Å²) in [6, 6.07) is 9.74. The molecule has 0 aliphatic rings. The van der Waals surface area contributed by atoms with Gasteiger partial charge in [-0.25, -0.2) is 19.0 Å². The van der Waals surface area contributed by atoms with Crippen molar-refractivity contribution in [1.82, 2.24) is 19.7 Å². The van der Waals surface area contributed by atoms with Crippen LogP contribution in [0.25, 0.3) is 16.3 Å². The first-order valence-corrected chi connectivity index (χ1v) is 9.36. The molecule has 0 bridgehead atoms. The molecule has 9 heteroatoms. The molecule has 4 rings (SSSR count). The molecule has 6 nitrogen and oxygen atoms in total. The van der Waals surface area contributed by atoms with Crippen molar-refractivity contribution in [2.75, 3.05) is 5.32 Å². The van der Waals surface area contributed by atoms with E-state index in [4.69, 9.17) is 0 Å². The Labute approximate surface area is 156 Å². The number of carbonyl (C=O) groups excluding carboxylic acids is 1. The minimum Gasteiger partial charge on any atom is -0.295 e. The number of halogens is 1. The molecule has 0 aliphatic carbocycles. The Bertz CT molecular complexity index is 1050. The Morgan fingerprint density at radius 3 is 2.69 bits per heavy atom. The summed E-state index contributed by atoms with van der Waals surface area (Å²) in [6.07, 6.45) is 0. The monoisotopic (exact) mass is 385 g/mol. The number of anilines is 1. The third-order valence-corrected chi connectivity index (χ3v) is 5.19. The van der Waals surface area contributed by atoms with Crippen LogP contribution in [0, 0.1) is 12.7 Å². The second kappa shape index (κ2) is 6.77. The van der Waals surface area contributed by atoms with Crippen LogP contribution < -0.4 is 5.32 Å². The van der Waals surface area contributed by atoms with Gasteiger partial charge in [0.25, 0.3) is 5.91 Å². The van der Waals surface area contributed by atoms with Gasteiger partial charge in [0.15, 0.2) is 5.13 Å². The third-order valence-electron chi connectivity index (χ3n) is 3.54. The van der Waals surface area contributed by atoms with Gasteiger partial charge in [-0.3, -0.25) is 10.1 Å². The lowest BCUT2D eigenvalue weighted by atomic mass is 10.3. The number of amides is 1. The van der Waals surface area contributed by atoms with E-state index in [9.17, 15) is 9.18 Å². The zero-order valence-corrected chi connectivity index (χ0v) is 15.1. The van der Waals surface area contributed by atoms with Crippen molar-refractivity contribution >= 4 is 33.7 Å². The highest BCUT2D eigenvalue weighted by Gasteiger charge is 2.17. The SMILES string of the molecule is Cc1nc(C(=O)Nc2nc(-c3cccs3)cs2)nn1-c1ccc(F)cc1. The van der Waals surface area contributed by atoms with Crippen LogP contribution in [0.2, 0.25) is 0 Å². The quantitative estimate of drug-likeness (QED) is 0.573. The van der Waals surface area contributed by atoms with Crippen LogP contribution in [0.15, 0.2) is 47.2 Å². The zero-order chi connectivity index (χ0) is 18.1. The number of hydrogen-bond donors (Lipinski definition) is 1. The normalized spacial score (nSPS) is 10.8. The number of aryl methyl sites for hydroxylation is 1. The van der Waals surface area contributed by atoms with E-state index in [0.29, 0.717) is 16.6 Å². The molecule has 1 amide bonds. The van der Waals surface area contributed by atoms with Crippen molar-refractivity contribution in [2.45, 2.75) is 6.92 Å². The van der Waals surface area contributed by atoms with Crippen LogP contribution in [0.5, 0.6) is 0 Å².